The van der Waals surface area contributed by atoms with Crippen LogP contribution in [0.1, 0.15) is 27.4 Å². The second-order valence-corrected chi connectivity index (χ2v) is 14.5. The molecule has 5 rings (SSSR count). The summed E-state index contributed by atoms with van der Waals surface area (Å²) in [6, 6.07) is 9.32. The molecule has 2 aliphatic rings. The highest BCUT2D eigenvalue weighted by Crippen LogP contribution is 2.54. The third-order valence-electron chi connectivity index (χ3n) is 7.43. The van der Waals surface area contributed by atoms with Crippen LogP contribution in [-0.2, 0) is 11.0 Å². The minimum atomic E-state index is -4.46. The van der Waals surface area contributed by atoms with Crippen LogP contribution in [0.2, 0.25) is 0 Å². The summed E-state index contributed by atoms with van der Waals surface area (Å²) in [6.07, 6.45) is -4.19. The van der Waals surface area contributed by atoms with Crippen molar-refractivity contribution in [3.63, 3.8) is 0 Å². The molecule has 0 saturated carbocycles. The Bertz CT molecular complexity index is 1590. The molecule has 11 heteroatoms. The van der Waals surface area contributed by atoms with Crippen LogP contribution in [0, 0.1) is 11.8 Å². The van der Waals surface area contributed by atoms with Crippen molar-refractivity contribution >= 4 is 45.2 Å². The summed E-state index contributed by atoms with van der Waals surface area (Å²) in [4.78, 5) is 2.15. The number of nitrogens with one attached hydrogen (secondary N) is 2. The minimum absolute atomic E-state index is 0.0110. The van der Waals surface area contributed by atoms with Crippen molar-refractivity contribution < 1.29 is 31.0 Å². The van der Waals surface area contributed by atoms with Gasteiger partial charge in [0, 0.05) is 30.7 Å². The quantitative estimate of drug-likeness (QED) is 0.190. The highest BCUT2D eigenvalue weighted by atomic mass is 32.1. The molecule has 214 valence electrons. The van der Waals surface area contributed by atoms with Gasteiger partial charge in [-0.15, -0.1) is 11.3 Å². The predicted molar refractivity (Wildman–Crippen MR) is 156 cm³/mol. The number of ether oxygens (including phenoxy) is 1. The van der Waals surface area contributed by atoms with E-state index in [-0.39, 0.29) is 29.3 Å². The van der Waals surface area contributed by atoms with Gasteiger partial charge >= 0.3 is 6.18 Å². The van der Waals surface area contributed by atoms with Gasteiger partial charge in [0.1, 0.15) is 19.1 Å². The third kappa shape index (κ3) is 6.27. The monoisotopic (exact) mass is 596 g/mol. The van der Waals surface area contributed by atoms with Crippen molar-refractivity contribution in [2.24, 2.45) is 0 Å². The molecule has 40 heavy (non-hydrogen) atoms. The molecule has 2 aromatic carbocycles. The molecule has 3 heterocycles. The average molecular weight is 597 g/mol. The molecule has 5 nitrogen and oxygen atoms in total. The van der Waals surface area contributed by atoms with Gasteiger partial charge in [-0.2, -0.15) is 13.2 Å². The van der Waals surface area contributed by atoms with Crippen LogP contribution < -0.4 is 20.7 Å². The van der Waals surface area contributed by atoms with E-state index in [4.69, 9.17) is 8.85 Å². The fraction of sp³-hybridized carbons (Fsp3) is 0.448. The van der Waals surface area contributed by atoms with E-state index >= 15 is 0 Å². The predicted octanol–water partition coefficient (Wildman–Crippen LogP) is 6.32. The molecule has 2 saturated heterocycles. The number of anilines is 2. The normalized spacial score (nSPS) is 22.3. The third-order valence-corrected chi connectivity index (χ3v) is 11.9. The molecular formula is C29H32F4N3O2PS. The second kappa shape index (κ2) is 11.6. The van der Waals surface area contributed by atoms with Crippen molar-refractivity contribution in [3.8, 4) is 17.6 Å². The average Bonchev–Trinajstić information content (AvgIpc) is 3.23. The first-order valence-corrected chi connectivity index (χ1v) is 15.9. The van der Waals surface area contributed by atoms with Gasteiger partial charge in [0.2, 0.25) is 0 Å². The summed E-state index contributed by atoms with van der Waals surface area (Å²) in [5.41, 5.74) is 0.953. The number of alkyl halides is 4. The first kappa shape index (κ1) is 25.0. The van der Waals surface area contributed by atoms with Crippen LogP contribution in [0.15, 0.2) is 36.4 Å². The van der Waals surface area contributed by atoms with Crippen LogP contribution >= 0.6 is 18.5 Å². The van der Waals surface area contributed by atoms with Crippen LogP contribution in [0.25, 0.3) is 10.1 Å². The number of methoxy groups -OCH3 is 1. The van der Waals surface area contributed by atoms with Gasteiger partial charge in [-0.25, -0.2) is 4.39 Å². The van der Waals surface area contributed by atoms with E-state index in [1.807, 2.05) is 11.9 Å². The lowest BCUT2D eigenvalue weighted by molar-refractivity contribution is -0.126. The molecule has 2 aliphatic heterocycles. The van der Waals surface area contributed by atoms with Crippen molar-refractivity contribution in [2.45, 2.75) is 37.7 Å². The first-order valence-electron chi connectivity index (χ1n) is 14.6. The number of rotatable bonds is 7. The zero-order valence-electron chi connectivity index (χ0n) is 24.9. The van der Waals surface area contributed by atoms with Gasteiger partial charge < -0.3 is 24.8 Å². The van der Waals surface area contributed by atoms with Crippen LogP contribution in [0.5, 0.6) is 5.75 Å². The maximum absolute atomic E-state index is 14.7. The molecule has 2 N–H and O–H groups in total. The van der Waals surface area contributed by atoms with E-state index < -0.39 is 39.0 Å². The van der Waals surface area contributed by atoms with Crippen LogP contribution in [0.3, 0.4) is 0 Å². The molecular weight excluding hydrogens is 561 g/mol. The summed E-state index contributed by atoms with van der Waals surface area (Å²) < 4.78 is 96.8. The van der Waals surface area contributed by atoms with Crippen molar-refractivity contribution in [1.82, 2.24) is 4.90 Å². The fourth-order valence-electron chi connectivity index (χ4n) is 5.14. The van der Waals surface area contributed by atoms with E-state index in [2.05, 4.69) is 22.5 Å². The number of likely N-dealkylation sites (tertiary alicyclic amines) is 1. The number of hydrogen-bond acceptors (Lipinski definition) is 6. The summed E-state index contributed by atoms with van der Waals surface area (Å²) in [5, 5.41) is 7.18. The van der Waals surface area contributed by atoms with Crippen LogP contribution in [-0.4, -0.2) is 69.3 Å². The van der Waals surface area contributed by atoms with Gasteiger partial charge in [0.25, 0.3) is 0 Å². The summed E-state index contributed by atoms with van der Waals surface area (Å²) in [5.74, 6) is 5.73. The molecule has 0 spiro atoms. The standard InChI is InChI=1S/C29H32F4N3O2PS/c1-36-13-11-23(22(30)18-36)35-25-7-3-6-20-21(17-29(31,32)33)27(40-28(20)25)8-4-12-34-24-10-9-19(16-26(24)38-2)39(37)14-5-15-39/h3,6-7,9-10,16,22-23,34-35H,5,11-15,17-18H2,1-2H3/i2D3. The fourth-order valence-corrected chi connectivity index (χ4v) is 8.42. The smallest absolute Gasteiger partial charge is 0.393 e. The number of benzene rings is 2. The maximum Gasteiger partial charge on any atom is 0.393 e. The zero-order valence-corrected chi connectivity index (χ0v) is 23.6. The number of fused-ring (bicyclic) bond motifs is 1. The Morgan fingerprint density at radius 1 is 1.25 bits per heavy atom. The Hall–Kier alpha value is -2.73. The number of halogens is 4. The largest absolute Gasteiger partial charge is 0.495 e. The van der Waals surface area contributed by atoms with E-state index in [9.17, 15) is 22.1 Å². The molecule has 3 aromatic rings. The first-order chi connectivity index (χ1) is 20.2. The molecule has 0 bridgehead atoms. The molecule has 0 radical (unpaired) electrons. The summed E-state index contributed by atoms with van der Waals surface area (Å²) in [6.45, 7) is 0.975. The van der Waals surface area contributed by atoms with Gasteiger partial charge in [0.15, 0.2) is 0 Å². The molecule has 1 aromatic heterocycles. The lowest BCUT2D eigenvalue weighted by Gasteiger charge is -2.33. The Kier molecular flexibility index (Phi) is 7.28. The summed E-state index contributed by atoms with van der Waals surface area (Å²) in [7, 11) is -3.42. The zero-order chi connectivity index (χ0) is 31.0. The second-order valence-electron chi connectivity index (χ2n) is 10.3. The van der Waals surface area contributed by atoms with E-state index in [0.29, 0.717) is 52.1 Å². The van der Waals surface area contributed by atoms with E-state index in [1.165, 1.54) is 6.07 Å². The van der Waals surface area contributed by atoms with Crippen molar-refractivity contribution in [1.29, 1.82) is 0 Å². The number of nitrogens with zero attached hydrogens (tertiary/aromatic N) is 1. The Balaban J connectivity index is 1.40. The Morgan fingerprint density at radius 2 is 2.08 bits per heavy atom. The molecule has 0 aliphatic carbocycles. The van der Waals surface area contributed by atoms with E-state index in [0.717, 1.165) is 17.8 Å². The van der Waals surface area contributed by atoms with Crippen molar-refractivity contribution in [3.05, 3.63) is 46.8 Å². The number of thiophene rings is 1. The SMILES string of the molecule is [2H]C([2H])([2H])Oc1cc(P2(=O)CCC2)ccc1NCC#Cc1sc2c(NC3CCN(C)CC3F)cccc2c1CC(F)(F)F. The van der Waals surface area contributed by atoms with Gasteiger partial charge in [-0.3, -0.25) is 0 Å². The molecule has 2 atom stereocenters. The van der Waals surface area contributed by atoms with Crippen molar-refractivity contribution in [2.75, 3.05) is 56.7 Å². The minimum Gasteiger partial charge on any atom is -0.495 e. The van der Waals surface area contributed by atoms with Crippen LogP contribution in [0.4, 0.5) is 28.9 Å². The highest BCUT2D eigenvalue weighted by molar-refractivity contribution is 7.73. The maximum atomic E-state index is 14.7. The van der Waals surface area contributed by atoms with Gasteiger partial charge in [-0.05, 0) is 55.1 Å². The van der Waals surface area contributed by atoms with Gasteiger partial charge in [-0.1, -0.05) is 24.0 Å². The molecule has 0 amide bonds. The summed E-state index contributed by atoms with van der Waals surface area (Å²) >= 11 is 1.13. The lowest BCUT2D eigenvalue weighted by atomic mass is 10.0. The molecule has 2 fully saturated rings. The highest BCUT2D eigenvalue weighted by Gasteiger charge is 2.33. The number of hydrogen-bond donors (Lipinski definition) is 2. The Morgan fingerprint density at radius 3 is 2.77 bits per heavy atom. The lowest BCUT2D eigenvalue weighted by Crippen LogP contribution is -2.46. The Labute approximate surface area is 239 Å². The number of piperidine rings is 1. The topological polar surface area (TPSA) is 53.6 Å². The van der Waals surface area contributed by atoms with E-state index in [1.54, 1.807) is 30.3 Å². The van der Waals surface area contributed by atoms with Gasteiger partial charge in [0.05, 0.1) is 51.1 Å². The molecule has 2 unspecified atom stereocenters.